The number of fused-ring (bicyclic) bond motifs is 2. The molecule has 2 fully saturated rings. The van der Waals surface area contributed by atoms with Gasteiger partial charge < -0.3 is 5.43 Å². The van der Waals surface area contributed by atoms with E-state index in [9.17, 15) is 9.59 Å². The van der Waals surface area contributed by atoms with Gasteiger partial charge in [0.25, 0.3) is 11.8 Å². The van der Waals surface area contributed by atoms with Crippen molar-refractivity contribution < 1.29 is 9.59 Å². The number of carbonyl (C=O) groups excluding carboxylic acids is 2. The number of likely N-dealkylation sites (tertiary alicyclic amines) is 1. The quantitative estimate of drug-likeness (QED) is 0.350. The van der Waals surface area contributed by atoms with Gasteiger partial charge in [-0.25, -0.2) is 5.43 Å². The molecular formula is C28H29N3O2. The van der Waals surface area contributed by atoms with E-state index >= 15 is 0 Å². The summed E-state index contributed by atoms with van der Waals surface area (Å²) in [6, 6.07) is 18.7. The van der Waals surface area contributed by atoms with Crippen molar-refractivity contribution in [3.8, 4) is 0 Å². The minimum atomic E-state index is -0.246. The second kappa shape index (κ2) is 9.43. The van der Waals surface area contributed by atoms with Crippen LogP contribution in [0.25, 0.3) is 21.5 Å². The molecule has 2 aliphatic heterocycles. The van der Waals surface area contributed by atoms with Crippen LogP contribution in [0.4, 0.5) is 0 Å². The van der Waals surface area contributed by atoms with Gasteiger partial charge in [0, 0.05) is 29.9 Å². The summed E-state index contributed by atoms with van der Waals surface area (Å²) in [4.78, 5) is 27.8. The molecule has 0 radical (unpaired) electrons. The summed E-state index contributed by atoms with van der Waals surface area (Å²) in [6.45, 7) is 10.5. The SMILES string of the molecule is C=C1NNC/C1=C1\C(=O)N(CCc2c3ccccc3cc3ccccc23)C(=O)\C1=C\C.CC. The summed E-state index contributed by atoms with van der Waals surface area (Å²) in [7, 11) is 0. The van der Waals surface area contributed by atoms with Crippen LogP contribution < -0.4 is 10.9 Å². The number of nitrogens with zero attached hydrogens (tertiary/aromatic N) is 1. The molecule has 33 heavy (non-hydrogen) atoms. The summed E-state index contributed by atoms with van der Waals surface area (Å²) in [5, 5.41) is 4.63. The molecule has 2 saturated heterocycles. The van der Waals surface area contributed by atoms with Gasteiger partial charge in [0.1, 0.15) is 0 Å². The second-order valence-electron chi connectivity index (χ2n) is 7.82. The average molecular weight is 440 g/mol. The molecule has 0 aliphatic carbocycles. The zero-order chi connectivity index (χ0) is 23.5. The molecule has 2 heterocycles. The normalized spacial score (nSPS) is 19.4. The lowest BCUT2D eigenvalue weighted by molar-refractivity contribution is -0.136. The molecule has 0 spiro atoms. The molecule has 2 N–H and O–H groups in total. The number of imide groups is 1. The van der Waals surface area contributed by atoms with E-state index < -0.39 is 0 Å². The maximum absolute atomic E-state index is 13.3. The van der Waals surface area contributed by atoms with Crippen LogP contribution in [0.3, 0.4) is 0 Å². The second-order valence-corrected chi connectivity index (χ2v) is 7.82. The van der Waals surface area contributed by atoms with Gasteiger partial charge in [-0.05, 0) is 46.5 Å². The molecule has 3 aromatic rings. The first kappa shape index (κ1) is 22.5. The zero-order valence-electron chi connectivity index (χ0n) is 19.4. The summed E-state index contributed by atoms with van der Waals surface area (Å²) in [5.41, 5.74) is 9.36. The van der Waals surface area contributed by atoms with E-state index in [0.29, 0.717) is 36.4 Å². The van der Waals surface area contributed by atoms with Crippen LogP contribution in [0.1, 0.15) is 26.3 Å². The highest BCUT2D eigenvalue weighted by Crippen LogP contribution is 2.33. The molecule has 3 aromatic carbocycles. The number of hydrazine groups is 1. The van der Waals surface area contributed by atoms with Crippen molar-refractivity contribution in [2.75, 3.05) is 13.1 Å². The van der Waals surface area contributed by atoms with E-state index in [1.807, 2.05) is 38.1 Å². The van der Waals surface area contributed by atoms with Crippen molar-refractivity contribution in [3.63, 3.8) is 0 Å². The molecule has 0 unspecified atom stereocenters. The predicted molar refractivity (Wildman–Crippen MR) is 134 cm³/mol. The van der Waals surface area contributed by atoms with E-state index in [0.717, 1.165) is 32.7 Å². The van der Waals surface area contributed by atoms with Crippen molar-refractivity contribution in [1.29, 1.82) is 0 Å². The van der Waals surface area contributed by atoms with E-state index in [2.05, 4.69) is 47.8 Å². The summed E-state index contributed by atoms with van der Waals surface area (Å²) >= 11 is 0. The van der Waals surface area contributed by atoms with Crippen LogP contribution in [0.2, 0.25) is 0 Å². The molecule has 2 amide bonds. The molecule has 2 aliphatic rings. The minimum absolute atomic E-state index is 0.237. The number of rotatable bonds is 3. The lowest BCUT2D eigenvalue weighted by Gasteiger charge is -2.16. The van der Waals surface area contributed by atoms with Gasteiger partial charge in [0.2, 0.25) is 0 Å². The Morgan fingerprint density at radius 2 is 1.58 bits per heavy atom. The fourth-order valence-corrected chi connectivity index (χ4v) is 4.62. The van der Waals surface area contributed by atoms with Gasteiger partial charge in [-0.15, -0.1) is 0 Å². The number of hydrogen-bond donors (Lipinski definition) is 2. The largest absolute Gasteiger partial charge is 0.321 e. The molecule has 5 heteroatoms. The first-order valence-electron chi connectivity index (χ1n) is 11.4. The maximum Gasteiger partial charge on any atom is 0.261 e. The molecule has 0 atom stereocenters. The van der Waals surface area contributed by atoms with Crippen LogP contribution in [0, 0.1) is 0 Å². The lowest BCUT2D eigenvalue weighted by atomic mass is 9.95. The smallest absolute Gasteiger partial charge is 0.261 e. The van der Waals surface area contributed by atoms with Crippen LogP contribution in [0.5, 0.6) is 0 Å². The highest BCUT2D eigenvalue weighted by Gasteiger charge is 2.40. The number of hydrogen-bond acceptors (Lipinski definition) is 4. The number of amides is 2. The fraction of sp³-hybridized carbons (Fsp3) is 0.214. The van der Waals surface area contributed by atoms with Crippen molar-refractivity contribution in [2.24, 2.45) is 0 Å². The van der Waals surface area contributed by atoms with Gasteiger partial charge in [-0.2, -0.15) is 0 Å². The first-order valence-corrected chi connectivity index (χ1v) is 11.4. The van der Waals surface area contributed by atoms with Crippen LogP contribution in [0.15, 0.2) is 89.7 Å². The van der Waals surface area contributed by atoms with Crippen molar-refractivity contribution >= 4 is 33.4 Å². The first-order chi connectivity index (χ1) is 16.1. The Bertz CT molecular complexity index is 1280. The Hall–Kier alpha value is -3.70. The van der Waals surface area contributed by atoms with Gasteiger partial charge in [-0.1, -0.05) is 75.0 Å². The third kappa shape index (κ3) is 3.85. The minimum Gasteiger partial charge on any atom is -0.321 e. The third-order valence-electron chi connectivity index (χ3n) is 6.13. The average Bonchev–Trinajstić information content (AvgIpc) is 3.37. The molecule has 0 saturated carbocycles. The summed E-state index contributed by atoms with van der Waals surface area (Å²) in [5.74, 6) is -0.483. The van der Waals surface area contributed by atoms with E-state index in [-0.39, 0.29) is 11.8 Å². The van der Waals surface area contributed by atoms with Gasteiger partial charge in [-0.3, -0.25) is 14.5 Å². The highest BCUT2D eigenvalue weighted by molar-refractivity contribution is 6.25. The zero-order valence-corrected chi connectivity index (χ0v) is 19.4. The topological polar surface area (TPSA) is 61.4 Å². The predicted octanol–water partition coefficient (Wildman–Crippen LogP) is 4.79. The number of allylic oxidation sites excluding steroid dienone is 1. The fourth-order valence-electron chi connectivity index (χ4n) is 4.62. The standard InChI is InChI=1S/C26H23N3O2.C2H6/c1-3-19-24(23-15-27-28-16(23)2)26(31)29(25(19)30)13-12-22-20-10-6-4-8-17(20)14-18-9-5-7-11-21(18)22;1-2/h3-11,14,27-28H,2,12-13,15H2,1H3;1-2H3/b19-3+,24-23+;. The Labute approximate surface area is 194 Å². The number of nitrogens with one attached hydrogen (secondary N) is 2. The highest BCUT2D eigenvalue weighted by atomic mass is 16.2. The lowest BCUT2D eigenvalue weighted by Crippen LogP contribution is -2.32. The van der Waals surface area contributed by atoms with Crippen LogP contribution >= 0.6 is 0 Å². The number of carbonyl (C=O) groups is 2. The Balaban J connectivity index is 0.00000126. The Morgan fingerprint density at radius 3 is 2.12 bits per heavy atom. The molecule has 5 rings (SSSR count). The van der Waals surface area contributed by atoms with Crippen molar-refractivity contribution in [1.82, 2.24) is 15.8 Å². The molecule has 168 valence electrons. The van der Waals surface area contributed by atoms with E-state index in [1.165, 1.54) is 4.90 Å². The van der Waals surface area contributed by atoms with Crippen LogP contribution in [-0.4, -0.2) is 29.8 Å². The molecular weight excluding hydrogens is 410 g/mol. The van der Waals surface area contributed by atoms with E-state index in [1.54, 1.807) is 13.0 Å². The van der Waals surface area contributed by atoms with E-state index in [4.69, 9.17) is 0 Å². The summed E-state index contributed by atoms with van der Waals surface area (Å²) < 4.78 is 0. The maximum atomic E-state index is 13.3. The van der Waals surface area contributed by atoms with Crippen molar-refractivity contribution in [3.05, 3.63) is 95.2 Å². The van der Waals surface area contributed by atoms with Gasteiger partial charge in [0.05, 0.1) is 5.57 Å². The Morgan fingerprint density at radius 1 is 0.970 bits per heavy atom. The monoisotopic (exact) mass is 439 g/mol. The molecule has 0 aromatic heterocycles. The van der Waals surface area contributed by atoms with Crippen molar-refractivity contribution in [2.45, 2.75) is 27.2 Å². The summed E-state index contributed by atoms with van der Waals surface area (Å²) in [6.07, 6.45) is 2.32. The third-order valence-corrected chi connectivity index (χ3v) is 6.13. The van der Waals surface area contributed by atoms with Gasteiger partial charge >= 0.3 is 0 Å². The van der Waals surface area contributed by atoms with Crippen LogP contribution in [-0.2, 0) is 16.0 Å². The molecule has 5 nitrogen and oxygen atoms in total. The molecule has 0 bridgehead atoms. The number of benzene rings is 3. The van der Waals surface area contributed by atoms with Gasteiger partial charge in [0.15, 0.2) is 0 Å². The Kier molecular flexibility index (Phi) is 6.43.